The van der Waals surface area contributed by atoms with Crippen LogP contribution < -0.4 is 5.73 Å². The Hall–Kier alpha value is -0.390. The Balaban J connectivity index is 2.44. The average Bonchev–Trinajstić information content (AvgIpc) is 2.94. The zero-order valence-electron chi connectivity index (χ0n) is 8.07. The molecule has 0 amide bonds. The maximum atomic E-state index is 10.5. The Kier molecular flexibility index (Phi) is 2.41. The molecule has 0 aliphatic heterocycles. The number of aromatic nitrogens is 2. The lowest BCUT2D eigenvalue weighted by molar-refractivity contribution is 0.0135. The molecule has 1 aromatic rings. The summed E-state index contributed by atoms with van der Waals surface area (Å²) in [5.74, 6) is 0.291. The summed E-state index contributed by atoms with van der Waals surface area (Å²) >= 11 is 3.39. The molecule has 1 atom stereocenters. The summed E-state index contributed by atoms with van der Waals surface area (Å²) in [7, 11) is 1.82. The van der Waals surface area contributed by atoms with Gasteiger partial charge in [0, 0.05) is 13.6 Å². The van der Waals surface area contributed by atoms with Gasteiger partial charge in [-0.1, -0.05) is 0 Å². The summed E-state index contributed by atoms with van der Waals surface area (Å²) in [6.45, 7) is 0.246. The van der Waals surface area contributed by atoms with E-state index in [1.54, 1.807) is 10.9 Å². The highest BCUT2D eigenvalue weighted by atomic mass is 79.9. The van der Waals surface area contributed by atoms with Crippen molar-refractivity contribution >= 4 is 15.9 Å². The van der Waals surface area contributed by atoms with Crippen LogP contribution in [0.4, 0.5) is 0 Å². The molecule has 0 bridgehead atoms. The van der Waals surface area contributed by atoms with Crippen LogP contribution in [0.15, 0.2) is 10.7 Å². The molecule has 4 nitrogen and oxygen atoms in total. The van der Waals surface area contributed by atoms with Crippen LogP contribution in [-0.4, -0.2) is 21.4 Å². The van der Waals surface area contributed by atoms with Crippen molar-refractivity contribution < 1.29 is 5.11 Å². The summed E-state index contributed by atoms with van der Waals surface area (Å²) in [6, 6.07) is 0. The lowest BCUT2D eigenvalue weighted by Crippen LogP contribution is -2.39. The van der Waals surface area contributed by atoms with E-state index in [0.717, 1.165) is 23.0 Å². The minimum atomic E-state index is -0.913. The van der Waals surface area contributed by atoms with Gasteiger partial charge in [0.05, 0.1) is 16.4 Å². The molecule has 1 saturated carbocycles. The van der Waals surface area contributed by atoms with Gasteiger partial charge < -0.3 is 10.8 Å². The highest BCUT2D eigenvalue weighted by Gasteiger charge is 2.46. The van der Waals surface area contributed by atoms with Crippen LogP contribution in [-0.2, 0) is 12.6 Å². The van der Waals surface area contributed by atoms with Gasteiger partial charge in [-0.05, 0) is 34.7 Å². The first-order chi connectivity index (χ1) is 6.59. The number of hydrogen-bond acceptors (Lipinski definition) is 3. The van der Waals surface area contributed by atoms with Gasteiger partial charge in [-0.15, -0.1) is 0 Å². The molecule has 5 heteroatoms. The topological polar surface area (TPSA) is 64.1 Å². The molecule has 1 fully saturated rings. The molecule has 3 N–H and O–H groups in total. The molecule has 1 aromatic heterocycles. The van der Waals surface area contributed by atoms with Crippen LogP contribution in [0.2, 0.25) is 0 Å². The van der Waals surface area contributed by atoms with Gasteiger partial charge in [-0.2, -0.15) is 5.10 Å². The standard InChI is InChI=1S/C9H14BrN3O/c1-13-8(7(10)4-12-13)9(14,5-11)6-2-3-6/h4,6,14H,2-3,5,11H2,1H3. The van der Waals surface area contributed by atoms with Crippen molar-refractivity contribution in [3.05, 3.63) is 16.4 Å². The van der Waals surface area contributed by atoms with Crippen LogP contribution in [0, 0.1) is 5.92 Å². The van der Waals surface area contributed by atoms with Crippen LogP contribution >= 0.6 is 15.9 Å². The van der Waals surface area contributed by atoms with Gasteiger partial charge >= 0.3 is 0 Å². The van der Waals surface area contributed by atoms with Crippen LogP contribution in [0.5, 0.6) is 0 Å². The van der Waals surface area contributed by atoms with E-state index in [2.05, 4.69) is 21.0 Å². The number of halogens is 1. The van der Waals surface area contributed by atoms with Gasteiger partial charge in [0.15, 0.2) is 0 Å². The molecule has 0 spiro atoms. The summed E-state index contributed by atoms with van der Waals surface area (Å²) in [4.78, 5) is 0. The third-order valence-electron chi connectivity index (χ3n) is 2.87. The third-order valence-corrected chi connectivity index (χ3v) is 3.45. The molecule has 1 heterocycles. The van der Waals surface area contributed by atoms with Crippen molar-refractivity contribution in [1.82, 2.24) is 9.78 Å². The van der Waals surface area contributed by atoms with Crippen molar-refractivity contribution in [2.75, 3.05) is 6.54 Å². The normalized spacial score (nSPS) is 20.9. The van der Waals surface area contributed by atoms with E-state index in [9.17, 15) is 5.11 Å². The molecule has 0 radical (unpaired) electrons. The highest BCUT2D eigenvalue weighted by molar-refractivity contribution is 9.10. The minimum absolute atomic E-state index is 0.246. The molecule has 1 aliphatic carbocycles. The number of hydrogen-bond donors (Lipinski definition) is 2. The molecule has 0 saturated heterocycles. The largest absolute Gasteiger partial charge is 0.382 e. The Morgan fingerprint density at radius 1 is 1.79 bits per heavy atom. The second-order valence-electron chi connectivity index (χ2n) is 3.87. The van der Waals surface area contributed by atoms with Crippen molar-refractivity contribution in [3.63, 3.8) is 0 Å². The van der Waals surface area contributed by atoms with E-state index in [4.69, 9.17) is 5.73 Å². The lowest BCUT2D eigenvalue weighted by atomic mass is 9.94. The van der Waals surface area contributed by atoms with Crippen molar-refractivity contribution in [2.45, 2.75) is 18.4 Å². The van der Waals surface area contributed by atoms with Crippen LogP contribution in [0.3, 0.4) is 0 Å². The first-order valence-electron chi connectivity index (χ1n) is 4.70. The Labute approximate surface area is 91.2 Å². The zero-order valence-corrected chi connectivity index (χ0v) is 9.66. The highest BCUT2D eigenvalue weighted by Crippen LogP contribution is 2.46. The van der Waals surface area contributed by atoms with Gasteiger partial charge in [0.1, 0.15) is 5.60 Å². The zero-order chi connectivity index (χ0) is 10.3. The number of nitrogens with two attached hydrogens (primary N) is 1. The van der Waals surface area contributed by atoms with Crippen LogP contribution in [0.25, 0.3) is 0 Å². The fourth-order valence-corrected chi connectivity index (χ4v) is 2.61. The van der Waals surface area contributed by atoms with E-state index in [1.807, 2.05) is 7.05 Å². The monoisotopic (exact) mass is 259 g/mol. The molecule has 78 valence electrons. The minimum Gasteiger partial charge on any atom is -0.382 e. The van der Waals surface area contributed by atoms with Gasteiger partial charge in [-0.3, -0.25) is 4.68 Å². The van der Waals surface area contributed by atoms with Gasteiger partial charge in [0.2, 0.25) is 0 Å². The molecular weight excluding hydrogens is 246 g/mol. The third kappa shape index (κ3) is 1.39. The first kappa shape index (κ1) is 10.1. The van der Waals surface area contributed by atoms with Crippen molar-refractivity contribution in [3.8, 4) is 0 Å². The maximum absolute atomic E-state index is 10.5. The second kappa shape index (κ2) is 3.32. The predicted molar refractivity (Wildman–Crippen MR) is 56.6 cm³/mol. The number of rotatable bonds is 3. The predicted octanol–water partition coefficient (Wildman–Crippen LogP) is 0.739. The quantitative estimate of drug-likeness (QED) is 0.842. The molecule has 1 aliphatic rings. The number of aliphatic hydroxyl groups is 1. The first-order valence-corrected chi connectivity index (χ1v) is 5.49. The van der Waals surface area contributed by atoms with E-state index < -0.39 is 5.60 Å². The Bertz CT molecular complexity index is 328. The van der Waals surface area contributed by atoms with Crippen molar-refractivity contribution in [2.24, 2.45) is 18.7 Å². The molecular formula is C9H14BrN3O. The second-order valence-corrected chi connectivity index (χ2v) is 4.72. The lowest BCUT2D eigenvalue weighted by Gasteiger charge is -2.27. The van der Waals surface area contributed by atoms with Gasteiger partial charge in [-0.25, -0.2) is 0 Å². The molecule has 1 unspecified atom stereocenters. The summed E-state index contributed by atoms with van der Waals surface area (Å²) < 4.78 is 2.52. The molecule has 14 heavy (non-hydrogen) atoms. The fraction of sp³-hybridized carbons (Fsp3) is 0.667. The Morgan fingerprint density at radius 3 is 2.79 bits per heavy atom. The number of aryl methyl sites for hydroxylation is 1. The van der Waals surface area contributed by atoms with Crippen LogP contribution in [0.1, 0.15) is 18.5 Å². The van der Waals surface area contributed by atoms with E-state index in [0.29, 0.717) is 5.92 Å². The smallest absolute Gasteiger partial charge is 0.122 e. The van der Waals surface area contributed by atoms with E-state index >= 15 is 0 Å². The average molecular weight is 260 g/mol. The Morgan fingerprint density at radius 2 is 2.43 bits per heavy atom. The van der Waals surface area contributed by atoms with E-state index in [1.165, 1.54) is 0 Å². The number of nitrogens with zero attached hydrogens (tertiary/aromatic N) is 2. The van der Waals surface area contributed by atoms with Gasteiger partial charge in [0.25, 0.3) is 0 Å². The fourth-order valence-electron chi connectivity index (χ4n) is 1.92. The summed E-state index contributed by atoms with van der Waals surface area (Å²) in [5, 5.41) is 14.6. The molecule has 2 rings (SSSR count). The SMILES string of the molecule is Cn1ncc(Br)c1C(O)(CN)C1CC1. The summed E-state index contributed by atoms with van der Waals surface area (Å²) in [5.41, 5.74) is 5.55. The van der Waals surface area contributed by atoms with E-state index in [-0.39, 0.29) is 6.54 Å². The summed E-state index contributed by atoms with van der Waals surface area (Å²) in [6.07, 6.45) is 3.79. The molecule has 0 aromatic carbocycles. The van der Waals surface area contributed by atoms with Crippen molar-refractivity contribution in [1.29, 1.82) is 0 Å². The maximum Gasteiger partial charge on any atom is 0.122 e.